The summed E-state index contributed by atoms with van der Waals surface area (Å²) >= 11 is 0. The number of aromatic nitrogens is 3. The first-order valence-electron chi connectivity index (χ1n) is 10.8. The van der Waals surface area contributed by atoms with Crippen molar-refractivity contribution in [2.45, 2.75) is 37.8 Å². The summed E-state index contributed by atoms with van der Waals surface area (Å²) in [5.41, 5.74) is 4.02. The van der Waals surface area contributed by atoms with Crippen molar-refractivity contribution in [2.24, 2.45) is 0 Å². The molecule has 1 aliphatic carbocycles. The van der Waals surface area contributed by atoms with Crippen LogP contribution in [0.2, 0.25) is 0 Å². The first kappa shape index (κ1) is 19.3. The lowest BCUT2D eigenvalue weighted by atomic mass is 9.92. The lowest BCUT2D eigenvalue weighted by Crippen LogP contribution is -2.36. The van der Waals surface area contributed by atoms with Gasteiger partial charge < -0.3 is 19.5 Å². The van der Waals surface area contributed by atoms with Crippen LogP contribution in [0.25, 0.3) is 22.2 Å². The molecule has 2 atom stereocenters. The van der Waals surface area contributed by atoms with Crippen molar-refractivity contribution in [3.63, 3.8) is 0 Å². The van der Waals surface area contributed by atoms with Crippen molar-refractivity contribution < 1.29 is 14.6 Å². The highest BCUT2D eigenvalue weighted by atomic mass is 16.5. The molecule has 30 heavy (non-hydrogen) atoms. The van der Waals surface area contributed by atoms with Gasteiger partial charge in [0.05, 0.1) is 43.4 Å². The van der Waals surface area contributed by atoms with Crippen molar-refractivity contribution in [3.05, 3.63) is 36.5 Å². The normalized spacial score (nSPS) is 22.4. The van der Waals surface area contributed by atoms with Crippen LogP contribution >= 0.6 is 0 Å². The molecule has 0 amide bonds. The molecule has 0 bridgehead atoms. The molecule has 1 saturated carbocycles. The summed E-state index contributed by atoms with van der Waals surface area (Å²) in [5.74, 6) is 0.566. The minimum atomic E-state index is -0.377. The van der Waals surface area contributed by atoms with Crippen molar-refractivity contribution >= 4 is 16.6 Å². The molecule has 7 nitrogen and oxygen atoms in total. The smallest absolute Gasteiger partial charge is 0.224 e. The highest BCUT2D eigenvalue weighted by Gasteiger charge is 2.29. The maximum absolute atomic E-state index is 10.6. The summed E-state index contributed by atoms with van der Waals surface area (Å²) in [6, 6.07) is 10.5. The van der Waals surface area contributed by atoms with Gasteiger partial charge in [-0.15, -0.1) is 0 Å². The molecule has 2 aromatic heterocycles. The highest BCUT2D eigenvalue weighted by molar-refractivity contribution is 5.97. The zero-order valence-electron chi connectivity index (χ0n) is 17.3. The number of pyridine rings is 1. The Bertz CT molecular complexity index is 1010. The number of hydrogen-bond acceptors (Lipinski definition) is 6. The number of morpholine rings is 1. The SMILES string of the molecule is COc1nccc2c1c(-c1ccc(N3CCOCC3)cc1)nn2C1CCCCC1O. The summed E-state index contributed by atoms with van der Waals surface area (Å²) in [6.45, 7) is 3.36. The van der Waals surface area contributed by atoms with Gasteiger partial charge in [-0.2, -0.15) is 5.10 Å². The van der Waals surface area contributed by atoms with Crippen molar-refractivity contribution in [1.29, 1.82) is 0 Å². The van der Waals surface area contributed by atoms with Gasteiger partial charge in [-0.3, -0.25) is 4.68 Å². The second kappa shape index (κ2) is 8.24. The molecule has 3 aromatic rings. The molecule has 0 radical (unpaired) electrons. The van der Waals surface area contributed by atoms with E-state index in [0.717, 1.165) is 74.1 Å². The summed E-state index contributed by atoms with van der Waals surface area (Å²) < 4.78 is 13.0. The molecule has 2 unspecified atom stereocenters. The second-order valence-electron chi connectivity index (χ2n) is 8.07. The zero-order chi connectivity index (χ0) is 20.5. The Labute approximate surface area is 176 Å². The van der Waals surface area contributed by atoms with E-state index in [2.05, 4.69) is 34.1 Å². The molecule has 1 aliphatic heterocycles. The highest BCUT2D eigenvalue weighted by Crippen LogP contribution is 2.38. The zero-order valence-corrected chi connectivity index (χ0v) is 17.3. The Hall–Kier alpha value is -2.64. The fourth-order valence-corrected chi connectivity index (χ4v) is 4.70. The van der Waals surface area contributed by atoms with E-state index in [4.69, 9.17) is 14.6 Å². The third-order valence-electron chi connectivity index (χ3n) is 6.30. The quantitative estimate of drug-likeness (QED) is 0.713. The number of aliphatic hydroxyl groups excluding tert-OH is 1. The average molecular weight is 409 g/mol. The second-order valence-corrected chi connectivity index (χ2v) is 8.07. The number of methoxy groups -OCH3 is 1. The van der Waals surface area contributed by atoms with Gasteiger partial charge in [0, 0.05) is 30.5 Å². The minimum Gasteiger partial charge on any atom is -0.480 e. The van der Waals surface area contributed by atoms with Gasteiger partial charge in [-0.1, -0.05) is 25.0 Å². The molecular weight excluding hydrogens is 380 g/mol. The number of ether oxygens (including phenoxy) is 2. The molecule has 5 rings (SSSR count). The van der Waals surface area contributed by atoms with E-state index in [1.54, 1.807) is 13.3 Å². The Morgan fingerprint density at radius 3 is 2.57 bits per heavy atom. The fourth-order valence-electron chi connectivity index (χ4n) is 4.70. The van der Waals surface area contributed by atoms with Gasteiger partial charge in [0.25, 0.3) is 0 Å². The van der Waals surface area contributed by atoms with E-state index in [-0.39, 0.29) is 12.1 Å². The van der Waals surface area contributed by atoms with Crippen LogP contribution in [0.3, 0.4) is 0 Å². The number of hydrogen-bond donors (Lipinski definition) is 1. The minimum absolute atomic E-state index is 0.0188. The van der Waals surface area contributed by atoms with E-state index in [1.165, 1.54) is 5.69 Å². The van der Waals surface area contributed by atoms with Crippen LogP contribution < -0.4 is 9.64 Å². The molecule has 7 heteroatoms. The van der Waals surface area contributed by atoms with Crippen molar-refractivity contribution in [2.75, 3.05) is 38.3 Å². The Kier molecular flexibility index (Phi) is 5.31. The predicted molar refractivity (Wildman–Crippen MR) is 116 cm³/mol. The number of rotatable bonds is 4. The molecule has 158 valence electrons. The van der Waals surface area contributed by atoms with E-state index in [1.807, 2.05) is 10.7 Å². The van der Waals surface area contributed by atoms with Crippen LogP contribution in [-0.2, 0) is 4.74 Å². The average Bonchev–Trinajstić information content (AvgIpc) is 3.20. The van der Waals surface area contributed by atoms with Crippen molar-refractivity contribution in [1.82, 2.24) is 14.8 Å². The molecule has 1 saturated heterocycles. The third kappa shape index (κ3) is 3.42. The van der Waals surface area contributed by atoms with E-state index >= 15 is 0 Å². The number of anilines is 1. The number of aliphatic hydroxyl groups is 1. The van der Waals surface area contributed by atoms with Gasteiger partial charge in [0.15, 0.2) is 0 Å². The van der Waals surface area contributed by atoms with Crippen LogP contribution in [0, 0.1) is 0 Å². The number of fused-ring (bicyclic) bond motifs is 1. The fraction of sp³-hybridized carbons (Fsp3) is 0.478. The summed E-state index contributed by atoms with van der Waals surface area (Å²) in [4.78, 5) is 6.76. The Morgan fingerprint density at radius 1 is 1.07 bits per heavy atom. The topological polar surface area (TPSA) is 72.6 Å². The van der Waals surface area contributed by atoms with Gasteiger partial charge in [0.2, 0.25) is 5.88 Å². The lowest BCUT2D eigenvalue weighted by molar-refractivity contribution is 0.0717. The van der Waals surface area contributed by atoms with Crippen LogP contribution in [0.4, 0.5) is 5.69 Å². The maximum atomic E-state index is 10.6. The third-order valence-corrected chi connectivity index (χ3v) is 6.30. The molecule has 1 N–H and O–H groups in total. The van der Waals surface area contributed by atoms with E-state index < -0.39 is 0 Å². The van der Waals surface area contributed by atoms with Gasteiger partial charge >= 0.3 is 0 Å². The molecule has 3 heterocycles. The van der Waals surface area contributed by atoms with Crippen LogP contribution in [0.1, 0.15) is 31.7 Å². The molecular formula is C23H28N4O3. The Morgan fingerprint density at radius 2 is 1.83 bits per heavy atom. The first-order chi connectivity index (χ1) is 14.8. The maximum Gasteiger partial charge on any atom is 0.224 e. The summed E-state index contributed by atoms with van der Waals surface area (Å²) in [5, 5.41) is 16.5. The Balaban J connectivity index is 1.58. The monoisotopic (exact) mass is 408 g/mol. The van der Waals surface area contributed by atoms with Crippen LogP contribution in [0.15, 0.2) is 36.5 Å². The number of benzene rings is 1. The van der Waals surface area contributed by atoms with Crippen LogP contribution in [-0.4, -0.2) is 59.4 Å². The van der Waals surface area contributed by atoms with Crippen LogP contribution in [0.5, 0.6) is 5.88 Å². The largest absolute Gasteiger partial charge is 0.480 e. The standard InChI is InChI=1S/C23H28N4O3/c1-29-23-21-19(10-11-24-23)27(18-4-2-3-5-20(18)28)25-22(21)16-6-8-17(9-7-16)26-12-14-30-15-13-26/h6-11,18,20,28H,2-5,12-15H2,1H3. The molecule has 0 spiro atoms. The molecule has 2 aliphatic rings. The first-order valence-corrected chi connectivity index (χ1v) is 10.8. The van der Waals surface area contributed by atoms with Gasteiger partial charge in [0.1, 0.15) is 5.69 Å². The summed E-state index contributed by atoms with van der Waals surface area (Å²) in [7, 11) is 1.64. The molecule has 1 aromatic carbocycles. The summed E-state index contributed by atoms with van der Waals surface area (Å²) in [6.07, 6.45) is 5.29. The van der Waals surface area contributed by atoms with Gasteiger partial charge in [-0.05, 0) is 31.0 Å². The van der Waals surface area contributed by atoms with Gasteiger partial charge in [-0.25, -0.2) is 4.98 Å². The lowest BCUT2D eigenvalue weighted by Gasteiger charge is -2.29. The van der Waals surface area contributed by atoms with E-state index in [9.17, 15) is 5.11 Å². The predicted octanol–water partition coefficient (Wildman–Crippen LogP) is 3.42. The van der Waals surface area contributed by atoms with Crippen molar-refractivity contribution in [3.8, 4) is 17.1 Å². The molecule has 2 fully saturated rings. The number of nitrogens with zero attached hydrogens (tertiary/aromatic N) is 4. The van der Waals surface area contributed by atoms with E-state index in [0.29, 0.717) is 5.88 Å².